The monoisotopic (exact) mass is 572 g/mol. The van der Waals surface area contributed by atoms with Gasteiger partial charge in [0, 0.05) is 26.2 Å². The summed E-state index contributed by atoms with van der Waals surface area (Å²) in [6.07, 6.45) is 0. The molecule has 0 bridgehead atoms. The van der Waals surface area contributed by atoms with Gasteiger partial charge in [0.1, 0.15) is 5.75 Å². The van der Waals surface area contributed by atoms with Crippen LogP contribution in [0.2, 0.25) is 0 Å². The van der Waals surface area contributed by atoms with E-state index in [0.29, 0.717) is 5.75 Å². The summed E-state index contributed by atoms with van der Waals surface area (Å²) >= 11 is 0. The van der Waals surface area contributed by atoms with Gasteiger partial charge in [-0.15, -0.1) is 5.10 Å². The standard InChI is InChI=1S/C27H36N6O6S/c1-17(2)28-23(34)16-39-20-10-14-22(15-11-20)40(37,38)21-12-8-19(9-13-21)24(31(4)5)18(3)29-25-26(35)32(6)27(36)33(7)30-25/h8-15,17-18,24H,16H2,1-7H3,(H,28,34)(H,29,30)/t18-,24?/m0/s1. The van der Waals surface area contributed by atoms with Gasteiger partial charge in [0.05, 0.1) is 15.8 Å². The second-order valence-corrected chi connectivity index (χ2v) is 12.0. The van der Waals surface area contributed by atoms with Gasteiger partial charge in [-0.05, 0) is 76.8 Å². The molecule has 2 atom stereocenters. The van der Waals surface area contributed by atoms with Crippen LogP contribution >= 0.6 is 0 Å². The fourth-order valence-corrected chi connectivity index (χ4v) is 5.59. The van der Waals surface area contributed by atoms with Crippen LogP contribution < -0.4 is 26.6 Å². The van der Waals surface area contributed by atoms with Crippen molar-refractivity contribution in [2.75, 3.05) is 26.0 Å². The van der Waals surface area contributed by atoms with Crippen LogP contribution in [-0.2, 0) is 28.7 Å². The maximum Gasteiger partial charge on any atom is 0.346 e. The molecule has 0 aliphatic rings. The molecule has 13 heteroatoms. The van der Waals surface area contributed by atoms with Crippen molar-refractivity contribution in [1.29, 1.82) is 0 Å². The van der Waals surface area contributed by atoms with E-state index in [9.17, 15) is 22.8 Å². The van der Waals surface area contributed by atoms with Crippen molar-refractivity contribution in [3.05, 3.63) is 74.9 Å². The molecule has 2 aromatic carbocycles. The Morgan fingerprint density at radius 3 is 2.05 bits per heavy atom. The Hall–Kier alpha value is -3.97. The van der Waals surface area contributed by atoms with Crippen molar-refractivity contribution in [1.82, 2.24) is 24.6 Å². The average molecular weight is 573 g/mol. The van der Waals surface area contributed by atoms with E-state index in [4.69, 9.17) is 4.74 Å². The largest absolute Gasteiger partial charge is 0.484 e. The first kappa shape index (κ1) is 30.6. The highest BCUT2D eigenvalue weighted by Crippen LogP contribution is 2.28. The molecular formula is C27H36N6O6S. The first-order chi connectivity index (χ1) is 18.7. The summed E-state index contributed by atoms with van der Waals surface area (Å²) in [6, 6.07) is 11.8. The van der Waals surface area contributed by atoms with Crippen LogP contribution in [0.3, 0.4) is 0 Å². The second-order valence-electron chi connectivity index (χ2n) is 10.0. The molecule has 12 nitrogen and oxygen atoms in total. The number of carbonyl (C=O) groups is 1. The Morgan fingerprint density at radius 2 is 1.52 bits per heavy atom. The van der Waals surface area contributed by atoms with Crippen molar-refractivity contribution in [3.63, 3.8) is 0 Å². The summed E-state index contributed by atoms with van der Waals surface area (Å²) in [5.41, 5.74) is -0.251. The summed E-state index contributed by atoms with van der Waals surface area (Å²) < 4.78 is 34.0. The highest BCUT2D eigenvalue weighted by atomic mass is 32.2. The molecule has 0 spiro atoms. The SMILES string of the molecule is CC(C)NC(=O)COc1ccc(S(=O)(=O)c2ccc(C([C@H](C)Nc3nn(C)c(=O)n(C)c3=O)N(C)C)cc2)cc1. The molecule has 3 rings (SSSR count). The number of anilines is 1. The number of aryl methyl sites for hydroxylation is 1. The van der Waals surface area contributed by atoms with Crippen molar-refractivity contribution in [2.24, 2.45) is 14.1 Å². The number of sulfone groups is 1. The number of benzene rings is 2. The number of rotatable bonds is 11. The summed E-state index contributed by atoms with van der Waals surface area (Å²) in [5, 5.41) is 9.88. The Balaban J connectivity index is 1.78. The molecule has 0 radical (unpaired) electrons. The van der Waals surface area contributed by atoms with Crippen LogP contribution in [0.4, 0.5) is 5.82 Å². The summed E-state index contributed by atoms with van der Waals surface area (Å²) in [6.45, 7) is 5.40. The molecule has 1 unspecified atom stereocenters. The summed E-state index contributed by atoms with van der Waals surface area (Å²) in [4.78, 5) is 38.4. The topological polar surface area (TPSA) is 145 Å². The molecule has 1 heterocycles. The number of ether oxygens (including phenoxy) is 1. The van der Waals surface area contributed by atoms with Gasteiger partial charge < -0.3 is 20.3 Å². The highest BCUT2D eigenvalue weighted by Gasteiger charge is 2.25. The second kappa shape index (κ2) is 12.5. The van der Waals surface area contributed by atoms with Crippen LogP contribution in [0.15, 0.2) is 67.9 Å². The van der Waals surface area contributed by atoms with Gasteiger partial charge in [-0.1, -0.05) is 12.1 Å². The minimum atomic E-state index is -3.80. The van der Waals surface area contributed by atoms with Gasteiger partial charge in [0.25, 0.3) is 11.5 Å². The molecule has 0 fully saturated rings. The maximum absolute atomic E-state index is 13.3. The number of nitrogens with zero attached hydrogens (tertiary/aromatic N) is 4. The molecule has 0 aliphatic heterocycles. The highest BCUT2D eigenvalue weighted by molar-refractivity contribution is 7.91. The predicted molar refractivity (Wildman–Crippen MR) is 151 cm³/mol. The normalized spacial score (nSPS) is 13.2. The summed E-state index contributed by atoms with van der Waals surface area (Å²) in [7, 11) is 2.79. The van der Waals surface area contributed by atoms with E-state index >= 15 is 0 Å². The minimum Gasteiger partial charge on any atom is -0.484 e. The third-order valence-electron chi connectivity index (χ3n) is 6.20. The number of amides is 1. The van der Waals surface area contributed by atoms with E-state index in [-0.39, 0.29) is 46.2 Å². The van der Waals surface area contributed by atoms with E-state index in [1.807, 2.05) is 39.8 Å². The number of aromatic nitrogens is 3. The number of carbonyl (C=O) groups excluding carboxylic acids is 1. The van der Waals surface area contributed by atoms with Crippen LogP contribution in [-0.4, -0.2) is 66.4 Å². The van der Waals surface area contributed by atoms with Crippen LogP contribution in [0, 0.1) is 0 Å². The van der Waals surface area contributed by atoms with Crippen molar-refractivity contribution >= 4 is 21.6 Å². The zero-order chi connectivity index (χ0) is 29.8. The number of likely N-dealkylation sites (N-methyl/N-ethyl adjacent to an activating group) is 1. The number of nitrogens with one attached hydrogen (secondary N) is 2. The lowest BCUT2D eigenvalue weighted by atomic mass is 9.99. The lowest BCUT2D eigenvalue weighted by molar-refractivity contribution is -0.123. The molecule has 0 saturated heterocycles. The molecule has 1 amide bonds. The number of hydrogen-bond donors (Lipinski definition) is 2. The smallest absolute Gasteiger partial charge is 0.346 e. The molecule has 40 heavy (non-hydrogen) atoms. The Labute approximate surface area is 233 Å². The lowest BCUT2D eigenvalue weighted by Gasteiger charge is -2.31. The molecule has 3 aromatic rings. The van der Waals surface area contributed by atoms with Gasteiger partial charge in [-0.25, -0.2) is 17.9 Å². The van der Waals surface area contributed by atoms with Gasteiger partial charge in [0.2, 0.25) is 15.7 Å². The lowest BCUT2D eigenvalue weighted by Crippen LogP contribution is -2.42. The van der Waals surface area contributed by atoms with E-state index in [1.54, 1.807) is 12.1 Å². The Morgan fingerprint density at radius 1 is 0.975 bits per heavy atom. The van der Waals surface area contributed by atoms with E-state index in [2.05, 4.69) is 15.7 Å². The van der Waals surface area contributed by atoms with Crippen LogP contribution in [0.5, 0.6) is 5.75 Å². The maximum atomic E-state index is 13.3. The minimum absolute atomic E-state index is 0.00559. The summed E-state index contributed by atoms with van der Waals surface area (Å²) in [5.74, 6) is 0.155. The first-order valence-electron chi connectivity index (χ1n) is 12.7. The molecule has 216 valence electrons. The molecule has 0 aliphatic carbocycles. The predicted octanol–water partition coefficient (Wildman–Crippen LogP) is 1.32. The molecule has 1 aromatic heterocycles. The third kappa shape index (κ3) is 6.96. The molecule has 2 N–H and O–H groups in total. The van der Waals surface area contributed by atoms with E-state index in [1.165, 1.54) is 50.5 Å². The zero-order valence-electron chi connectivity index (χ0n) is 23.7. The van der Waals surface area contributed by atoms with Crippen LogP contribution in [0.1, 0.15) is 32.4 Å². The van der Waals surface area contributed by atoms with E-state index in [0.717, 1.165) is 14.8 Å². The van der Waals surface area contributed by atoms with Crippen molar-refractivity contribution < 1.29 is 17.9 Å². The Kier molecular flexibility index (Phi) is 9.53. The molecule has 0 saturated carbocycles. The zero-order valence-corrected chi connectivity index (χ0v) is 24.5. The number of hydrogen-bond acceptors (Lipinski definition) is 9. The third-order valence-corrected chi connectivity index (χ3v) is 7.99. The van der Waals surface area contributed by atoms with Crippen molar-refractivity contribution in [2.45, 2.75) is 48.7 Å². The van der Waals surface area contributed by atoms with Gasteiger partial charge in [0.15, 0.2) is 6.61 Å². The average Bonchev–Trinajstić information content (AvgIpc) is 2.89. The Bertz CT molecular complexity index is 1560. The van der Waals surface area contributed by atoms with Gasteiger partial charge in [-0.3, -0.25) is 14.2 Å². The van der Waals surface area contributed by atoms with Crippen molar-refractivity contribution in [3.8, 4) is 5.75 Å². The fraction of sp³-hybridized carbons (Fsp3) is 0.407. The molecular weight excluding hydrogens is 536 g/mol. The van der Waals surface area contributed by atoms with E-state index < -0.39 is 21.1 Å². The quantitative estimate of drug-likeness (QED) is 0.348. The van der Waals surface area contributed by atoms with Gasteiger partial charge in [-0.2, -0.15) is 0 Å². The first-order valence-corrected chi connectivity index (χ1v) is 14.1. The van der Waals surface area contributed by atoms with Gasteiger partial charge >= 0.3 is 5.69 Å². The fourth-order valence-electron chi connectivity index (χ4n) is 4.33. The van der Waals surface area contributed by atoms with Crippen LogP contribution in [0.25, 0.3) is 0 Å².